The zero-order chi connectivity index (χ0) is 39.7. The Morgan fingerprint density at radius 2 is 1.06 bits per heavy atom. The molecule has 0 saturated carbocycles. The average Bonchev–Trinajstić information content (AvgIpc) is 3.09. The van der Waals surface area contributed by atoms with Gasteiger partial charge in [0.15, 0.2) is 11.6 Å². The summed E-state index contributed by atoms with van der Waals surface area (Å²) >= 11 is 6.53. The maximum absolute atomic E-state index is 14.5. The number of nitrogens with zero attached hydrogens (tertiary/aromatic N) is 2. The van der Waals surface area contributed by atoms with Crippen LogP contribution >= 0.6 is 31.9 Å². The van der Waals surface area contributed by atoms with E-state index in [9.17, 15) is 48.8 Å². The molecule has 0 aliphatic rings. The number of halogens is 6. The number of ketones is 2. The van der Waals surface area contributed by atoms with Crippen molar-refractivity contribution in [2.45, 2.75) is 19.5 Å². The van der Waals surface area contributed by atoms with Crippen LogP contribution in [-0.4, -0.2) is 66.3 Å². The van der Waals surface area contributed by atoms with Gasteiger partial charge in [0.2, 0.25) is 20.0 Å². The molecule has 0 radical (unpaired) electrons. The van der Waals surface area contributed by atoms with Gasteiger partial charge in [0, 0.05) is 31.2 Å². The lowest BCUT2D eigenvalue weighted by atomic mass is 10.1. The number of hydrogen-bond donors (Lipinski definition) is 2. The molecule has 0 fully saturated rings. The average molecular weight is 909 g/mol. The standard InChI is InChI=1S/C18H16BrF3N2O4S.C16H16BrFN2O3S/c1-29(27,28)24(14-6-4-13(19)5-7-14)10-12-3-2-11(8-15(12)20)16(25)9-23-18(26)17(21)22;1-24(22,23)20(14-6-4-13(17)5-7-14)10-12-3-2-11(8-15(12)18)16(21)9-19/h2-8,17H,9-10H2,1H3,(H,23,26);2-8H,9-10,19H2,1H3. The molecule has 0 bridgehead atoms. The summed E-state index contributed by atoms with van der Waals surface area (Å²) in [6.07, 6.45) is -1.22. The first-order valence-electron chi connectivity index (χ1n) is 15.1. The van der Waals surface area contributed by atoms with Gasteiger partial charge in [0.25, 0.3) is 5.91 Å². The maximum atomic E-state index is 14.5. The van der Waals surface area contributed by atoms with Crippen LogP contribution in [0.4, 0.5) is 28.9 Å². The van der Waals surface area contributed by atoms with Crippen molar-refractivity contribution in [1.29, 1.82) is 0 Å². The second-order valence-corrected chi connectivity index (χ2v) is 16.8. The fourth-order valence-electron chi connectivity index (χ4n) is 4.49. The third-order valence-corrected chi connectivity index (χ3v) is 10.6. The number of alkyl halides is 2. The van der Waals surface area contributed by atoms with Crippen LogP contribution in [0.2, 0.25) is 0 Å². The Kier molecular flexibility index (Phi) is 15.3. The van der Waals surface area contributed by atoms with Gasteiger partial charge < -0.3 is 11.1 Å². The minimum atomic E-state index is -3.73. The van der Waals surface area contributed by atoms with E-state index in [2.05, 4.69) is 31.9 Å². The molecular weight excluding hydrogens is 876 g/mol. The number of Topliss-reactive ketones (excluding diaryl/α,β-unsaturated/α-hetero) is 2. The molecular formula is C34H32Br2F4N4O7S2. The van der Waals surface area contributed by atoms with Crippen LogP contribution in [0, 0.1) is 11.6 Å². The van der Waals surface area contributed by atoms with Crippen molar-refractivity contribution in [3.05, 3.63) is 128 Å². The molecule has 4 rings (SSSR count). The van der Waals surface area contributed by atoms with E-state index in [0.717, 1.165) is 42.2 Å². The smallest absolute Gasteiger partial charge is 0.315 e. The molecule has 0 aliphatic carbocycles. The van der Waals surface area contributed by atoms with Crippen molar-refractivity contribution in [3.63, 3.8) is 0 Å². The first-order chi connectivity index (χ1) is 24.7. The van der Waals surface area contributed by atoms with Crippen molar-refractivity contribution in [1.82, 2.24) is 5.32 Å². The van der Waals surface area contributed by atoms with E-state index >= 15 is 0 Å². The number of sulfonamides is 2. The van der Waals surface area contributed by atoms with Gasteiger partial charge in [-0.05, 0) is 60.7 Å². The topological polar surface area (TPSA) is 164 Å². The van der Waals surface area contributed by atoms with Crippen LogP contribution < -0.4 is 19.7 Å². The number of benzene rings is 4. The van der Waals surface area contributed by atoms with Crippen LogP contribution in [-0.2, 0) is 37.9 Å². The van der Waals surface area contributed by atoms with Crippen molar-refractivity contribution < 1.29 is 48.8 Å². The summed E-state index contributed by atoms with van der Waals surface area (Å²) in [6.45, 7) is -1.42. The first-order valence-corrected chi connectivity index (χ1v) is 20.3. The number of amides is 1. The van der Waals surface area contributed by atoms with Crippen LogP contribution in [0.15, 0.2) is 93.9 Å². The molecule has 3 N–H and O–H groups in total. The zero-order valence-electron chi connectivity index (χ0n) is 27.9. The summed E-state index contributed by atoms with van der Waals surface area (Å²) in [6, 6.07) is 20.3. The molecule has 4 aromatic rings. The lowest BCUT2D eigenvalue weighted by Gasteiger charge is -2.23. The molecule has 0 unspecified atom stereocenters. The Balaban J connectivity index is 0.000000290. The third kappa shape index (κ3) is 12.7. The highest BCUT2D eigenvalue weighted by Crippen LogP contribution is 2.26. The van der Waals surface area contributed by atoms with Crippen molar-refractivity contribution in [2.24, 2.45) is 5.73 Å². The number of nitrogens with two attached hydrogens (primary N) is 1. The van der Waals surface area contributed by atoms with Crippen LogP contribution in [0.5, 0.6) is 0 Å². The monoisotopic (exact) mass is 906 g/mol. The Bertz CT molecular complexity index is 2180. The van der Waals surface area contributed by atoms with Crippen LogP contribution in [0.25, 0.3) is 0 Å². The quantitative estimate of drug-likeness (QED) is 0.118. The predicted octanol–water partition coefficient (Wildman–Crippen LogP) is 5.81. The molecule has 0 aliphatic heterocycles. The van der Waals surface area contributed by atoms with Gasteiger partial charge in [-0.15, -0.1) is 0 Å². The Hall–Kier alpha value is -4.17. The van der Waals surface area contributed by atoms with Crippen molar-refractivity contribution in [3.8, 4) is 0 Å². The third-order valence-electron chi connectivity index (χ3n) is 7.21. The molecule has 4 aromatic carbocycles. The lowest BCUT2D eigenvalue weighted by molar-refractivity contribution is -0.131. The van der Waals surface area contributed by atoms with Crippen molar-refractivity contribution in [2.75, 3.05) is 34.2 Å². The molecule has 0 heterocycles. The molecule has 53 heavy (non-hydrogen) atoms. The minimum Gasteiger partial charge on any atom is -0.344 e. The minimum absolute atomic E-state index is 0.00603. The van der Waals surface area contributed by atoms with E-state index in [1.807, 2.05) is 0 Å². The Labute approximate surface area is 320 Å². The normalized spacial score (nSPS) is 11.4. The number of carbonyl (C=O) groups excluding carboxylic acids is 3. The fraction of sp³-hybridized carbons (Fsp3) is 0.206. The zero-order valence-corrected chi connectivity index (χ0v) is 32.7. The van der Waals surface area contributed by atoms with Crippen molar-refractivity contribution >= 4 is 80.8 Å². The fourth-order valence-corrected chi connectivity index (χ4v) is 6.77. The molecule has 1 amide bonds. The molecule has 0 spiro atoms. The molecule has 19 heteroatoms. The SMILES string of the molecule is CS(=O)(=O)N(Cc1ccc(C(=O)CN)cc1F)c1ccc(Br)cc1.CS(=O)(=O)N(Cc1ccc(C(=O)CNC(=O)C(F)F)cc1F)c1ccc(Br)cc1. The maximum Gasteiger partial charge on any atom is 0.315 e. The van der Waals surface area contributed by atoms with Crippen LogP contribution in [0.1, 0.15) is 31.8 Å². The van der Waals surface area contributed by atoms with E-state index < -0.39 is 56.3 Å². The highest BCUT2D eigenvalue weighted by molar-refractivity contribution is 9.10. The number of carbonyl (C=O) groups is 3. The second-order valence-electron chi connectivity index (χ2n) is 11.2. The summed E-state index contributed by atoms with van der Waals surface area (Å²) in [5, 5.41) is 1.74. The predicted molar refractivity (Wildman–Crippen MR) is 200 cm³/mol. The summed E-state index contributed by atoms with van der Waals surface area (Å²) < 4.78 is 105. The van der Waals surface area contributed by atoms with Crippen LogP contribution in [0.3, 0.4) is 0 Å². The molecule has 284 valence electrons. The molecule has 0 aromatic heterocycles. The Morgan fingerprint density at radius 3 is 1.38 bits per heavy atom. The highest BCUT2D eigenvalue weighted by atomic mass is 79.9. The van der Waals surface area contributed by atoms with E-state index in [1.54, 1.807) is 53.8 Å². The summed E-state index contributed by atoms with van der Waals surface area (Å²) in [5.41, 5.74) is 6.18. The second kappa shape index (κ2) is 18.7. The van der Waals surface area contributed by atoms with E-state index in [1.165, 1.54) is 24.3 Å². The van der Waals surface area contributed by atoms with Gasteiger partial charge in [-0.1, -0.05) is 56.1 Å². The summed E-state index contributed by atoms with van der Waals surface area (Å²) in [5.74, 6) is -4.25. The highest BCUT2D eigenvalue weighted by Gasteiger charge is 2.22. The summed E-state index contributed by atoms with van der Waals surface area (Å²) in [4.78, 5) is 34.3. The number of nitrogens with one attached hydrogen (secondary N) is 1. The molecule has 0 saturated heterocycles. The molecule has 11 nitrogen and oxygen atoms in total. The number of rotatable bonds is 14. The van der Waals surface area contributed by atoms with Gasteiger partial charge in [0.05, 0.1) is 50.1 Å². The van der Waals surface area contributed by atoms with E-state index in [4.69, 9.17) is 5.73 Å². The van der Waals surface area contributed by atoms with Gasteiger partial charge in [-0.25, -0.2) is 25.6 Å². The lowest BCUT2D eigenvalue weighted by Crippen LogP contribution is -2.34. The van der Waals surface area contributed by atoms with Gasteiger partial charge in [0.1, 0.15) is 11.6 Å². The largest absolute Gasteiger partial charge is 0.344 e. The molecule has 0 atom stereocenters. The number of hydrogen-bond acceptors (Lipinski definition) is 8. The first kappa shape index (κ1) is 43.2. The van der Waals surface area contributed by atoms with E-state index in [0.29, 0.717) is 11.4 Å². The van der Waals surface area contributed by atoms with Gasteiger partial charge in [-0.3, -0.25) is 23.0 Å². The van der Waals surface area contributed by atoms with Gasteiger partial charge in [-0.2, -0.15) is 8.78 Å². The van der Waals surface area contributed by atoms with E-state index in [-0.39, 0.29) is 47.7 Å². The Morgan fingerprint density at radius 1 is 0.679 bits per heavy atom. The van der Waals surface area contributed by atoms with Gasteiger partial charge >= 0.3 is 6.43 Å². The number of anilines is 2. The summed E-state index contributed by atoms with van der Waals surface area (Å²) in [7, 11) is -7.35.